The van der Waals surface area contributed by atoms with Gasteiger partial charge in [-0.15, -0.1) is 0 Å². The van der Waals surface area contributed by atoms with Gasteiger partial charge >= 0.3 is 0 Å². The van der Waals surface area contributed by atoms with E-state index < -0.39 is 0 Å². The van der Waals surface area contributed by atoms with Crippen LogP contribution in [0.15, 0.2) is 4.79 Å². The molecule has 1 aliphatic heterocycles. The second-order valence-corrected chi connectivity index (χ2v) is 5.47. The molecule has 0 bridgehead atoms. The Balaban J connectivity index is 2.19. The Bertz CT molecular complexity index is 713. The number of nitrogens with one attached hydrogen (secondary N) is 2. The van der Waals surface area contributed by atoms with Crippen LogP contribution in [0.1, 0.15) is 48.8 Å². The van der Waals surface area contributed by atoms with Gasteiger partial charge in [0.1, 0.15) is 29.2 Å². The van der Waals surface area contributed by atoms with Crippen molar-refractivity contribution in [3.05, 3.63) is 27.0 Å². The first-order chi connectivity index (χ1) is 9.62. The summed E-state index contributed by atoms with van der Waals surface area (Å²) in [5.41, 5.74) is 3.31. The van der Waals surface area contributed by atoms with Crippen molar-refractivity contribution in [1.82, 2.24) is 4.68 Å². The van der Waals surface area contributed by atoms with Crippen LogP contribution in [0.4, 0.5) is 5.82 Å². The topological polar surface area (TPSA) is 93.6 Å². The fourth-order valence-electron chi connectivity index (χ4n) is 3.14. The molecule has 2 aliphatic rings. The molecule has 102 valence electrons. The van der Waals surface area contributed by atoms with E-state index in [1.165, 1.54) is 11.1 Å². The van der Waals surface area contributed by atoms with E-state index in [9.17, 15) is 10.1 Å². The number of rotatable bonds is 0. The highest BCUT2D eigenvalue weighted by Crippen LogP contribution is 2.36. The van der Waals surface area contributed by atoms with E-state index in [1.54, 1.807) is 6.92 Å². The lowest BCUT2D eigenvalue weighted by Crippen LogP contribution is -2.46. The molecule has 0 saturated heterocycles. The molecule has 3 rings (SSSR count). The zero-order valence-electron chi connectivity index (χ0n) is 11.3. The highest BCUT2D eigenvalue weighted by molar-refractivity contribution is 5.64. The molecule has 2 heterocycles. The molecular weight excluding hydrogens is 254 g/mol. The second kappa shape index (κ2) is 4.28. The molecule has 6 heteroatoms. The largest absolute Gasteiger partial charge is 0.345 e. The maximum atomic E-state index is 12.3. The third-order valence-electron chi connectivity index (χ3n) is 4.24. The van der Waals surface area contributed by atoms with Crippen molar-refractivity contribution >= 4 is 5.82 Å². The molecule has 20 heavy (non-hydrogen) atoms. The Morgan fingerprint density at radius 3 is 2.40 bits per heavy atom. The minimum Gasteiger partial charge on any atom is -0.345 e. The molecule has 2 N–H and O–H groups in total. The lowest BCUT2D eigenvalue weighted by atomic mass is 9.89. The number of fused-ring (bicyclic) bond motifs is 1. The van der Waals surface area contributed by atoms with Crippen molar-refractivity contribution in [2.24, 2.45) is 0 Å². The van der Waals surface area contributed by atoms with Crippen LogP contribution < -0.4 is 16.3 Å². The van der Waals surface area contributed by atoms with E-state index in [-0.39, 0.29) is 16.8 Å². The first-order valence-electron chi connectivity index (χ1n) is 6.78. The first-order valence-corrected chi connectivity index (χ1v) is 6.78. The van der Waals surface area contributed by atoms with Gasteiger partial charge in [0.25, 0.3) is 5.56 Å². The fraction of sp³-hybridized carbons (Fsp3) is 0.500. The van der Waals surface area contributed by atoms with Gasteiger partial charge in [-0.05, 0) is 38.2 Å². The Morgan fingerprint density at radius 2 is 1.80 bits per heavy atom. The van der Waals surface area contributed by atoms with E-state index in [2.05, 4.69) is 16.8 Å². The molecule has 0 unspecified atom stereocenters. The average Bonchev–Trinajstić information content (AvgIpc) is 2.80. The van der Waals surface area contributed by atoms with Gasteiger partial charge in [0, 0.05) is 0 Å². The van der Waals surface area contributed by atoms with Crippen LogP contribution in [0.25, 0.3) is 0 Å². The zero-order chi connectivity index (χ0) is 14.3. The third kappa shape index (κ3) is 1.58. The van der Waals surface area contributed by atoms with Gasteiger partial charge in [0.05, 0.1) is 5.56 Å². The highest BCUT2D eigenvalue weighted by atomic mass is 16.1. The van der Waals surface area contributed by atoms with Crippen molar-refractivity contribution in [2.75, 3.05) is 10.7 Å². The van der Waals surface area contributed by atoms with Gasteiger partial charge in [-0.25, -0.2) is 4.68 Å². The molecule has 1 aliphatic carbocycles. The molecule has 0 radical (unpaired) electrons. The summed E-state index contributed by atoms with van der Waals surface area (Å²) in [5, 5.41) is 21.8. The Morgan fingerprint density at radius 1 is 1.15 bits per heavy atom. The first kappa shape index (κ1) is 12.6. The summed E-state index contributed by atoms with van der Waals surface area (Å²) in [6.07, 6.45) is 5.15. The van der Waals surface area contributed by atoms with Gasteiger partial charge in [-0.1, -0.05) is 6.42 Å². The summed E-state index contributed by atoms with van der Waals surface area (Å²) in [7, 11) is 0. The minimum atomic E-state index is -0.381. The summed E-state index contributed by atoms with van der Waals surface area (Å²) < 4.78 is 1.34. The molecule has 1 aromatic rings. The summed E-state index contributed by atoms with van der Waals surface area (Å²) in [6, 6.07) is 4.01. The minimum absolute atomic E-state index is 0.0347. The predicted molar refractivity (Wildman–Crippen MR) is 73.7 cm³/mol. The smallest absolute Gasteiger partial charge is 0.289 e. The van der Waals surface area contributed by atoms with Gasteiger partial charge < -0.3 is 5.32 Å². The average molecular weight is 269 g/mol. The van der Waals surface area contributed by atoms with Crippen LogP contribution in [0, 0.1) is 29.6 Å². The third-order valence-corrected chi connectivity index (χ3v) is 4.24. The fourth-order valence-corrected chi connectivity index (χ4v) is 3.14. The van der Waals surface area contributed by atoms with Crippen molar-refractivity contribution < 1.29 is 0 Å². The van der Waals surface area contributed by atoms with Crippen LogP contribution in [-0.2, 0) is 0 Å². The number of nitrogens with zero attached hydrogens (tertiary/aromatic N) is 3. The van der Waals surface area contributed by atoms with Gasteiger partial charge in [-0.3, -0.25) is 10.2 Å². The van der Waals surface area contributed by atoms with Crippen LogP contribution in [0.3, 0.4) is 0 Å². The van der Waals surface area contributed by atoms with Gasteiger partial charge in [-0.2, -0.15) is 10.5 Å². The Hall–Kier alpha value is -2.47. The van der Waals surface area contributed by atoms with Crippen LogP contribution in [-0.4, -0.2) is 10.3 Å². The van der Waals surface area contributed by atoms with Crippen molar-refractivity contribution in [1.29, 1.82) is 10.5 Å². The number of pyridine rings is 1. The summed E-state index contributed by atoms with van der Waals surface area (Å²) in [5.74, 6) is 0.496. The predicted octanol–water partition coefficient (Wildman–Crippen LogP) is 1.53. The molecular formula is C14H15N5O. The number of aromatic nitrogens is 1. The molecule has 0 amide bonds. The molecule has 0 atom stereocenters. The van der Waals surface area contributed by atoms with E-state index in [4.69, 9.17) is 5.26 Å². The normalized spacial score (nSPS) is 18.6. The Kier molecular flexibility index (Phi) is 2.69. The van der Waals surface area contributed by atoms with Crippen LogP contribution >= 0.6 is 0 Å². The summed E-state index contributed by atoms with van der Waals surface area (Å²) >= 11 is 0. The lowest BCUT2D eigenvalue weighted by molar-refractivity contribution is 0.353. The maximum absolute atomic E-state index is 12.3. The SMILES string of the molecule is Cc1c(C#N)c2n(c(=O)c1C#N)NC1(CCCCC1)N2. The van der Waals surface area contributed by atoms with E-state index in [1.807, 2.05) is 6.07 Å². The molecule has 1 spiro atoms. The molecule has 0 aromatic carbocycles. The number of hydrogen-bond acceptors (Lipinski definition) is 5. The second-order valence-electron chi connectivity index (χ2n) is 5.47. The van der Waals surface area contributed by atoms with Crippen LogP contribution in [0.2, 0.25) is 0 Å². The Labute approximate surface area is 116 Å². The lowest BCUT2D eigenvalue weighted by Gasteiger charge is -2.33. The zero-order valence-corrected chi connectivity index (χ0v) is 11.3. The maximum Gasteiger partial charge on any atom is 0.289 e. The van der Waals surface area contributed by atoms with Crippen molar-refractivity contribution in [3.8, 4) is 12.1 Å². The molecule has 1 fully saturated rings. The molecule has 1 saturated carbocycles. The van der Waals surface area contributed by atoms with Crippen molar-refractivity contribution in [3.63, 3.8) is 0 Å². The molecule has 6 nitrogen and oxygen atoms in total. The standard InChI is InChI=1S/C14H15N5O/c1-9-10(7-15)12-17-14(5-3-2-4-6-14)18-19(12)13(20)11(9)8-16/h17-18H,2-6H2,1H3. The summed E-state index contributed by atoms with van der Waals surface area (Å²) in [6.45, 7) is 1.65. The number of hydrogen-bond donors (Lipinski definition) is 2. The summed E-state index contributed by atoms with van der Waals surface area (Å²) in [4.78, 5) is 12.3. The van der Waals surface area contributed by atoms with Crippen molar-refractivity contribution in [2.45, 2.75) is 44.7 Å². The highest BCUT2D eigenvalue weighted by Gasteiger charge is 2.40. The van der Waals surface area contributed by atoms with E-state index >= 15 is 0 Å². The van der Waals surface area contributed by atoms with E-state index in [0.29, 0.717) is 16.9 Å². The quantitative estimate of drug-likeness (QED) is 0.745. The van der Waals surface area contributed by atoms with Gasteiger partial charge in [0.2, 0.25) is 0 Å². The van der Waals surface area contributed by atoms with E-state index in [0.717, 1.165) is 25.7 Å². The van der Waals surface area contributed by atoms with Gasteiger partial charge in [0.15, 0.2) is 0 Å². The van der Waals surface area contributed by atoms with Crippen LogP contribution in [0.5, 0.6) is 0 Å². The number of nitriles is 2. The number of anilines is 1. The monoisotopic (exact) mass is 269 g/mol. The molecule has 1 aromatic heterocycles.